The van der Waals surface area contributed by atoms with E-state index in [0.29, 0.717) is 13.2 Å². The molecule has 2 N–H and O–H groups in total. The third kappa shape index (κ3) is 5.53. The maximum Gasteiger partial charge on any atom is 0.191 e. The first-order valence-corrected chi connectivity index (χ1v) is 9.02. The predicted octanol–water partition coefficient (Wildman–Crippen LogP) is 3.07. The number of nitrogens with one attached hydrogen (secondary N) is 2. The van der Waals surface area contributed by atoms with Gasteiger partial charge in [-0.25, -0.2) is 4.98 Å². The van der Waals surface area contributed by atoms with Gasteiger partial charge in [-0.05, 0) is 32.4 Å². The molecule has 0 aliphatic rings. The molecular formula is C18H26N4OS. The maximum absolute atomic E-state index is 5.72. The van der Waals surface area contributed by atoms with Crippen LogP contribution in [-0.4, -0.2) is 31.1 Å². The Morgan fingerprint density at radius 3 is 2.79 bits per heavy atom. The second-order valence-corrected chi connectivity index (χ2v) is 6.83. The molecule has 0 unspecified atom stereocenters. The fourth-order valence-corrected chi connectivity index (χ4v) is 3.09. The minimum Gasteiger partial charge on any atom is -0.494 e. The Balaban J connectivity index is 1.85. The molecule has 0 saturated heterocycles. The number of aromatic nitrogens is 1. The summed E-state index contributed by atoms with van der Waals surface area (Å²) in [4.78, 5) is 9.89. The van der Waals surface area contributed by atoms with Gasteiger partial charge in [-0.2, -0.15) is 0 Å². The lowest BCUT2D eigenvalue weighted by atomic mass is 10.1. The Morgan fingerprint density at radius 2 is 2.12 bits per heavy atom. The molecule has 1 aromatic carbocycles. The van der Waals surface area contributed by atoms with Crippen molar-refractivity contribution in [1.82, 2.24) is 15.6 Å². The molecule has 0 atom stereocenters. The molecule has 0 aliphatic carbocycles. The highest BCUT2D eigenvalue weighted by atomic mass is 32.1. The molecular weight excluding hydrogens is 320 g/mol. The smallest absolute Gasteiger partial charge is 0.191 e. The van der Waals surface area contributed by atoms with Gasteiger partial charge in [-0.1, -0.05) is 12.1 Å². The highest BCUT2D eigenvalue weighted by molar-refractivity contribution is 7.11. The zero-order valence-corrected chi connectivity index (χ0v) is 15.7. The molecule has 0 bridgehead atoms. The fraction of sp³-hybridized carbons (Fsp3) is 0.444. The van der Waals surface area contributed by atoms with Crippen LogP contribution in [0.5, 0.6) is 5.75 Å². The Hall–Kier alpha value is -2.08. The summed E-state index contributed by atoms with van der Waals surface area (Å²) in [6.45, 7) is 8.29. The number of nitrogens with zero attached hydrogens (tertiary/aromatic N) is 2. The van der Waals surface area contributed by atoms with E-state index in [1.807, 2.05) is 13.1 Å². The summed E-state index contributed by atoms with van der Waals surface area (Å²) < 4.78 is 5.72. The van der Waals surface area contributed by atoms with E-state index in [1.165, 1.54) is 10.4 Å². The minimum absolute atomic E-state index is 0.663. The average Bonchev–Trinajstić information content (AvgIpc) is 2.98. The molecule has 0 saturated carbocycles. The first-order chi connectivity index (χ1) is 11.6. The highest BCUT2D eigenvalue weighted by Crippen LogP contribution is 2.20. The maximum atomic E-state index is 5.72. The number of hydrogen-bond donors (Lipinski definition) is 2. The second-order valence-electron chi connectivity index (χ2n) is 5.51. The number of hydrogen-bond acceptors (Lipinski definition) is 4. The normalized spacial score (nSPS) is 11.4. The van der Waals surface area contributed by atoms with Gasteiger partial charge in [0.05, 0.1) is 11.6 Å². The molecule has 1 heterocycles. The second kappa shape index (κ2) is 9.27. The van der Waals surface area contributed by atoms with E-state index in [1.54, 1.807) is 18.4 Å². The number of rotatable bonds is 7. The molecule has 0 spiro atoms. The number of thiazole rings is 1. The van der Waals surface area contributed by atoms with Gasteiger partial charge in [0.25, 0.3) is 0 Å². The van der Waals surface area contributed by atoms with Crippen LogP contribution >= 0.6 is 11.3 Å². The Morgan fingerprint density at radius 1 is 1.29 bits per heavy atom. The molecule has 0 fully saturated rings. The van der Waals surface area contributed by atoms with Gasteiger partial charge in [-0.15, -0.1) is 11.3 Å². The summed E-state index contributed by atoms with van der Waals surface area (Å²) >= 11 is 1.74. The largest absolute Gasteiger partial charge is 0.494 e. The fourth-order valence-electron chi connectivity index (χ4n) is 2.30. The summed E-state index contributed by atoms with van der Waals surface area (Å²) in [6.07, 6.45) is 2.81. The van der Waals surface area contributed by atoms with Gasteiger partial charge in [0.2, 0.25) is 0 Å². The zero-order valence-electron chi connectivity index (χ0n) is 14.8. The van der Waals surface area contributed by atoms with Gasteiger partial charge in [-0.3, -0.25) is 4.99 Å². The number of guanidine groups is 1. The van der Waals surface area contributed by atoms with Gasteiger partial charge < -0.3 is 15.4 Å². The summed E-state index contributed by atoms with van der Waals surface area (Å²) in [6, 6.07) is 6.26. The standard InChI is InChI=1S/C18H26N4OS/c1-5-23-16-10-13(2)6-7-15(16)12-22-18(19-4)20-9-8-17-21-11-14(3)24-17/h6-7,10-11H,5,8-9,12H2,1-4H3,(H2,19,20,22). The van der Waals surface area contributed by atoms with Crippen LogP contribution in [0.15, 0.2) is 29.4 Å². The van der Waals surface area contributed by atoms with Crippen molar-refractivity contribution in [2.45, 2.75) is 33.7 Å². The van der Waals surface area contributed by atoms with E-state index in [0.717, 1.165) is 35.2 Å². The molecule has 0 radical (unpaired) electrons. The van der Waals surface area contributed by atoms with Crippen molar-refractivity contribution >= 4 is 17.3 Å². The monoisotopic (exact) mass is 346 g/mol. The van der Waals surface area contributed by atoms with Crippen LogP contribution in [0, 0.1) is 13.8 Å². The molecule has 0 amide bonds. The van der Waals surface area contributed by atoms with Crippen LogP contribution in [0.25, 0.3) is 0 Å². The average molecular weight is 347 g/mol. The van der Waals surface area contributed by atoms with E-state index in [-0.39, 0.29) is 0 Å². The van der Waals surface area contributed by atoms with Crippen LogP contribution in [-0.2, 0) is 13.0 Å². The van der Waals surface area contributed by atoms with Crippen molar-refractivity contribution in [3.05, 3.63) is 45.4 Å². The van der Waals surface area contributed by atoms with Crippen LogP contribution < -0.4 is 15.4 Å². The van der Waals surface area contributed by atoms with Crippen molar-refractivity contribution in [3.8, 4) is 5.75 Å². The number of aryl methyl sites for hydroxylation is 2. The van der Waals surface area contributed by atoms with Gasteiger partial charge in [0.15, 0.2) is 5.96 Å². The van der Waals surface area contributed by atoms with Crippen LogP contribution in [0.2, 0.25) is 0 Å². The number of ether oxygens (including phenoxy) is 1. The van der Waals surface area contributed by atoms with Crippen molar-refractivity contribution in [2.24, 2.45) is 4.99 Å². The molecule has 6 heteroatoms. The Kier molecular flexibility index (Phi) is 7.06. The lowest BCUT2D eigenvalue weighted by Gasteiger charge is -2.14. The summed E-state index contributed by atoms with van der Waals surface area (Å²) in [7, 11) is 1.78. The first kappa shape index (κ1) is 18.3. The minimum atomic E-state index is 0.663. The van der Waals surface area contributed by atoms with E-state index >= 15 is 0 Å². The van der Waals surface area contributed by atoms with Crippen molar-refractivity contribution in [2.75, 3.05) is 20.2 Å². The topological polar surface area (TPSA) is 58.5 Å². The molecule has 5 nitrogen and oxygen atoms in total. The zero-order chi connectivity index (χ0) is 17.4. The molecule has 130 valence electrons. The lowest BCUT2D eigenvalue weighted by molar-refractivity contribution is 0.336. The lowest BCUT2D eigenvalue weighted by Crippen LogP contribution is -2.37. The van der Waals surface area contributed by atoms with Gasteiger partial charge in [0, 0.05) is 43.2 Å². The molecule has 2 rings (SSSR count). The summed E-state index contributed by atoms with van der Waals surface area (Å²) in [5, 5.41) is 7.81. The predicted molar refractivity (Wildman–Crippen MR) is 101 cm³/mol. The van der Waals surface area contributed by atoms with Crippen molar-refractivity contribution in [3.63, 3.8) is 0 Å². The van der Waals surface area contributed by atoms with Crippen molar-refractivity contribution in [1.29, 1.82) is 0 Å². The van der Waals surface area contributed by atoms with E-state index in [4.69, 9.17) is 4.74 Å². The van der Waals surface area contributed by atoms with Crippen LogP contribution in [0.3, 0.4) is 0 Å². The quantitative estimate of drug-likeness (QED) is 0.597. The Labute approximate surface area is 148 Å². The van der Waals surface area contributed by atoms with E-state index in [9.17, 15) is 0 Å². The third-order valence-electron chi connectivity index (χ3n) is 3.49. The summed E-state index contributed by atoms with van der Waals surface area (Å²) in [5.41, 5.74) is 2.32. The molecule has 1 aromatic heterocycles. The first-order valence-electron chi connectivity index (χ1n) is 8.20. The number of benzene rings is 1. The van der Waals surface area contributed by atoms with Crippen molar-refractivity contribution < 1.29 is 4.74 Å². The Bertz CT molecular complexity index is 681. The summed E-state index contributed by atoms with van der Waals surface area (Å²) in [5.74, 6) is 1.71. The molecule has 24 heavy (non-hydrogen) atoms. The SMILES string of the molecule is CCOc1cc(C)ccc1CNC(=NC)NCCc1ncc(C)s1. The van der Waals surface area contributed by atoms with Gasteiger partial charge in [0.1, 0.15) is 5.75 Å². The highest BCUT2D eigenvalue weighted by Gasteiger charge is 2.06. The van der Waals surface area contributed by atoms with Crippen LogP contribution in [0.4, 0.5) is 0 Å². The van der Waals surface area contributed by atoms with Crippen LogP contribution in [0.1, 0.15) is 27.9 Å². The molecule has 2 aromatic rings. The van der Waals surface area contributed by atoms with Gasteiger partial charge >= 0.3 is 0 Å². The molecule has 0 aliphatic heterocycles. The van der Waals surface area contributed by atoms with E-state index in [2.05, 4.69) is 52.7 Å². The van der Waals surface area contributed by atoms with E-state index < -0.39 is 0 Å². The third-order valence-corrected chi connectivity index (χ3v) is 4.47. The number of aliphatic imine (C=N–C) groups is 1.